The highest BCUT2D eigenvalue weighted by Crippen LogP contribution is 2.12. The smallest absolute Gasteiger partial charge is 0.257 e. The summed E-state index contributed by atoms with van der Waals surface area (Å²) in [7, 11) is 2.81. The maximum atomic E-state index is 13.4. The third kappa shape index (κ3) is 3.24. The van der Waals surface area contributed by atoms with E-state index in [9.17, 15) is 13.6 Å². The molecule has 0 spiro atoms. The number of halogens is 2. The first kappa shape index (κ1) is 14.5. The summed E-state index contributed by atoms with van der Waals surface area (Å²) in [6.07, 6.45) is -0.691. The molecule has 100 valence electrons. The molecule has 0 aliphatic rings. The summed E-state index contributed by atoms with van der Waals surface area (Å²) in [6.45, 7) is 1.61. The van der Waals surface area contributed by atoms with E-state index in [0.717, 1.165) is 12.1 Å². The van der Waals surface area contributed by atoms with Gasteiger partial charge in [-0.3, -0.25) is 4.79 Å². The SMILES string of the molecule is COC(OC)C(C)NC(=O)c1c(F)cccc1F. The quantitative estimate of drug-likeness (QED) is 0.819. The van der Waals surface area contributed by atoms with Crippen molar-refractivity contribution in [3.05, 3.63) is 35.4 Å². The van der Waals surface area contributed by atoms with E-state index in [4.69, 9.17) is 9.47 Å². The minimum absolute atomic E-state index is 0.550. The maximum Gasteiger partial charge on any atom is 0.257 e. The first-order valence-electron chi connectivity index (χ1n) is 5.31. The van der Waals surface area contributed by atoms with Crippen LogP contribution in [0.5, 0.6) is 0 Å². The molecule has 0 aliphatic heterocycles. The van der Waals surface area contributed by atoms with Gasteiger partial charge >= 0.3 is 0 Å². The summed E-state index contributed by atoms with van der Waals surface area (Å²) < 4.78 is 36.6. The molecule has 1 aromatic carbocycles. The van der Waals surface area contributed by atoms with Crippen molar-refractivity contribution in [1.29, 1.82) is 0 Å². The molecule has 1 unspecified atom stereocenters. The fraction of sp³-hybridized carbons (Fsp3) is 0.417. The highest BCUT2D eigenvalue weighted by Gasteiger charge is 2.22. The Bertz CT molecular complexity index is 402. The number of hydrogen-bond acceptors (Lipinski definition) is 3. The van der Waals surface area contributed by atoms with Crippen molar-refractivity contribution in [2.75, 3.05) is 14.2 Å². The van der Waals surface area contributed by atoms with Gasteiger partial charge in [0, 0.05) is 14.2 Å². The molecule has 1 amide bonds. The fourth-order valence-electron chi connectivity index (χ4n) is 1.57. The first-order valence-corrected chi connectivity index (χ1v) is 5.31. The van der Waals surface area contributed by atoms with Gasteiger partial charge < -0.3 is 14.8 Å². The Morgan fingerprint density at radius 2 is 1.72 bits per heavy atom. The lowest BCUT2D eigenvalue weighted by Gasteiger charge is -2.22. The lowest BCUT2D eigenvalue weighted by atomic mass is 10.1. The average Bonchev–Trinajstić information content (AvgIpc) is 2.30. The minimum atomic E-state index is -0.911. The van der Waals surface area contributed by atoms with E-state index in [1.54, 1.807) is 6.92 Å². The van der Waals surface area contributed by atoms with Gasteiger partial charge in [0.05, 0.1) is 6.04 Å². The average molecular weight is 259 g/mol. The van der Waals surface area contributed by atoms with Gasteiger partial charge in [0.1, 0.15) is 17.2 Å². The topological polar surface area (TPSA) is 47.6 Å². The van der Waals surface area contributed by atoms with Crippen molar-refractivity contribution in [2.24, 2.45) is 0 Å². The molecule has 1 aromatic rings. The zero-order valence-corrected chi connectivity index (χ0v) is 10.4. The second-order valence-electron chi connectivity index (χ2n) is 3.70. The molecule has 0 saturated carbocycles. The summed E-state index contributed by atoms with van der Waals surface area (Å²) in [6, 6.07) is 2.68. The monoisotopic (exact) mass is 259 g/mol. The molecule has 1 atom stereocenters. The highest BCUT2D eigenvalue weighted by molar-refractivity contribution is 5.94. The van der Waals surface area contributed by atoms with Crippen molar-refractivity contribution >= 4 is 5.91 Å². The second-order valence-corrected chi connectivity index (χ2v) is 3.70. The second kappa shape index (κ2) is 6.42. The van der Waals surface area contributed by atoms with Gasteiger partial charge in [0.15, 0.2) is 6.29 Å². The zero-order chi connectivity index (χ0) is 13.7. The molecule has 0 aliphatic carbocycles. The summed E-state index contributed by atoms with van der Waals surface area (Å²) in [4.78, 5) is 11.7. The molecule has 1 N–H and O–H groups in total. The lowest BCUT2D eigenvalue weighted by Crippen LogP contribution is -2.43. The third-order valence-electron chi connectivity index (χ3n) is 2.42. The number of nitrogens with one attached hydrogen (secondary N) is 1. The summed E-state index contributed by atoms with van der Waals surface area (Å²) in [5.74, 6) is -2.67. The van der Waals surface area contributed by atoms with Crippen LogP contribution in [0.3, 0.4) is 0 Å². The number of ether oxygens (including phenoxy) is 2. The predicted molar refractivity (Wildman–Crippen MR) is 61.1 cm³/mol. The number of carbonyl (C=O) groups is 1. The number of benzene rings is 1. The zero-order valence-electron chi connectivity index (χ0n) is 10.4. The standard InChI is InChI=1S/C12H15F2NO3/c1-7(12(17-2)18-3)15-11(16)10-8(13)5-4-6-9(10)14/h4-7,12H,1-3H3,(H,15,16). The molecule has 1 rings (SSSR count). The Balaban J connectivity index is 2.83. The molecular formula is C12H15F2NO3. The Kier molecular flexibility index (Phi) is 5.18. The number of hydrogen-bond donors (Lipinski definition) is 1. The molecular weight excluding hydrogens is 244 g/mol. The van der Waals surface area contributed by atoms with Crippen LogP contribution in [0.15, 0.2) is 18.2 Å². The fourth-order valence-corrected chi connectivity index (χ4v) is 1.57. The van der Waals surface area contributed by atoms with Crippen LogP contribution < -0.4 is 5.32 Å². The van der Waals surface area contributed by atoms with Crippen molar-refractivity contribution < 1.29 is 23.0 Å². The van der Waals surface area contributed by atoms with E-state index < -0.39 is 35.4 Å². The van der Waals surface area contributed by atoms with Gasteiger partial charge in [0.25, 0.3) is 5.91 Å². The Hall–Kier alpha value is -1.53. The molecule has 0 saturated heterocycles. The van der Waals surface area contributed by atoms with E-state index >= 15 is 0 Å². The van der Waals surface area contributed by atoms with Crippen molar-refractivity contribution in [2.45, 2.75) is 19.3 Å². The van der Waals surface area contributed by atoms with Gasteiger partial charge in [0.2, 0.25) is 0 Å². The third-order valence-corrected chi connectivity index (χ3v) is 2.42. The normalized spacial score (nSPS) is 12.6. The van der Waals surface area contributed by atoms with E-state index in [0.29, 0.717) is 0 Å². The molecule has 4 nitrogen and oxygen atoms in total. The van der Waals surface area contributed by atoms with E-state index in [1.807, 2.05) is 0 Å². The minimum Gasteiger partial charge on any atom is -0.354 e. The molecule has 0 bridgehead atoms. The van der Waals surface area contributed by atoms with Crippen LogP contribution >= 0.6 is 0 Å². The van der Waals surface area contributed by atoms with Gasteiger partial charge in [-0.1, -0.05) is 6.07 Å². The number of methoxy groups -OCH3 is 2. The molecule has 0 aromatic heterocycles. The van der Waals surface area contributed by atoms with Gasteiger partial charge in [-0.25, -0.2) is 8.78 Å². The van der Waals surface area contributed by atoms with Gasteiger partial charge in [-0.05, 0) is 19.1 Å². The van der Waals surface area contributed by atoms with Crippen LogP contribution in [0.4, 0.5) is 8.78 Å². The first-order chi connectivity index (χ1) is 8.51. The number of carbonyl (C=O) groups excluding carboxylic acids is 1. The molecule has 18 heavy (non-hydrogen) atoms. The molecule has 0 fully saturated rings. The van der Waals surface area contributed by atoms with Crippen molar-refractivity contribution in [3.63, 3.8) is 0 Å². The van der Waals surface area contributed by atoms with Crippen LogP contribution in [0.2, 0.25) is 0 Å². The lowest BCUT2D eigenvalue weighted by molar-refractivity contribution is -0.117. The maximum absolute atomic E-state index is 13.4. The van der Waals surface area contributed by atoms with E-state index in [1.165, 1.54) is 20.3 Å². The molecule has 0 heterocycles. The Morgan fingerprint density at radius 1 is 1.22 bits per heavy atom. The van der Waals surface area contributed by atoms with Crippen LogP contribution in [0.1, 0.15) is 17.3 Å². The predicted octanol–water partition coefficient (Wildman–Crippen LogP) is 1.70. The molecule has 6 heteroatoms. The Morgan fingerprint density at radius 3 is 2.17 bits per heavy atom. The van der Waals surface area contributed by atoms with E-state index in [2.05, 4.69) is 5.32 Å². The van der Waals surface area contributed by atoms with Crippen LogP contribution in [0, 0.1) is 11.6 Å². The molecule has 0 radical (unpaired) electrons. The van der Waals surface area contributed by atoms with Crippen molar-refractivity contribution in [1.82, 2.24) is 5.32 Å². The summed E-state index contributed by atoms with van der Waals surface area (Å²) >= 11 is 0. The van der Waals surface area contributed by atoms with Crippen LogP contribution in [-0.4, -0.2) is 32.5 Å². The van der Waals surface area contributed by atoms with Crippen LogP contribution in [0.25, 0.3) is 0 Å². The summed E-state index contributed by atoms with van der Waals surface area (Å²) in [5, 5.41) is 2.41. The largest absolute Gasteiger partial charge is 0.354 e. The van der Waals surface area contributed by atoms with E-state index in [-0.39, 0.29) is 0 Å². The van der Waals surface area contributed by atoms with Gasteiger partial charge in [-0.2, -0.15) is 0 Å². The van der Waals surface area contributed by atoms with Crippen LogP contribution in [-0.2, 0) is 9.47 Å². The van der Waals surface area contributed by atoms with Gasteiger partial charge in [-0.15, -0.1) is 0 Å². The summed E-state index contributed by atoms with van der Waals surface area (Å²) in [5.41, 5.74) is -0.615. The highest BCUT2D eigenvalue weighted by atomic mass is 19.1. The van der Waals surface area contributed by atoms with Crippen molar-refractivity contribution in [3.8, 4) is 0 Å². The number of amides is 1. The number of rotatable bonds is 5. The Labute approximate surface area is 104 Å².